The molecule has 31 heavy (non-hydrogen) atoms. The summed E-state index contributed by atoms with van der Waals surface area (Å²) in [6.07, 6.45) is 6.11. The molecule has 0 heterocycles. The number of halogens is 1. The van der Waals surface area contributed by atoms with E-state index < -0.39 is 6.17 Å². The predicted molar refractivity (Wildman–Crippen MR) is 130 cm³/mol. The van der Waals surface area contributed by atoms with Gasteiger partial charge in [0.1, 0.15) is 11.9 Å². The quantitative estimate of drug-likeness (QED) is 0.190. The molecule has 0 radical (unpaired) electrons. The Kier molecular flexibility index (Phi) is 8.71. The van der Waals surface area contributed by atoms with E-state index in [9.17, 15) is 4.39 Å². The van der Waals surface area contributed by atoms with Crippen LogP contribution in [0.5, 0.6) is 0 Å². The molecule has 0 bridgehead atoms. The number of nitrogens with zero attached hydrogens (tertiary/aromatic N) is 2. The van der Waals surface area contributed by atoms with Gasteiger partial charge in [-0.1, -0.05) is 98.6 Å². The van der Waals surface area contributed by atoms with Crippen molar-refractivity contribution in [3.05, 3.63) is 107 Å². The third-order valence-corrected chi connectivity index (χ3v) is 5.25. The Hall–Kier alpha value is -3.07. The Labute approximate surface area is 185 Å². The van der Waals surface area contributed by atoms with E-state index >= 15 is 0 Å². The van der Waals surface area contributed by atoms with Crippen LogP contribution in [0.1, 0.15) is 60.9 Å². The smallest absolute Gasteiger partial charge is 0.101 e. The lowest BCUT2D eigenvalue weighted by Crippen LogP contribution is -2.04. The monoisotopic (exact) mass is 414 g/mol. The maximum Gasteiger partial charge on any atom is 0.101 e. The van der Waals surface area contributed by atoms with Crippen LogP contribution in [0.3, 0.4) is 0 Å². The summed E-state index contributed by atoms with van der Waals surface area (Å²) in [5.74, 6) is 0. The van der Waals surface area contributed by atoms with Crippen molar-refractivity contribution in [2.75, 3.05) is 0 Å². The minimum atomic E-state index is -0.852. The van der Waals surface area contributed by atoms with Gasteiger partial charge in [-0.2, -0.15) is 5.10 Å². The molecular weight excluding hydrogens is 383 g/mol. The molecule has 0 N–H and O–H groups in total. The van der Waals surface area contributed by atoms with Gasteiger partial charge in [-0.3, -0.25) is 0 Å². The summed E-state index contributed by atoms with van der Waals surface area (Å²) in [6, 6.07) is 26.4. The third-order valence-electron chi connectivity index (χ3n) is 5.25. The number of hydrogen-bond acceptors (Lipinski definition) is 2. The van der Waals surface area contributed by atoms with E-state index in [0.29, 0.717) is 6.42 Å². The maximum absolute atomic E-state index is 13.3. The molecule has 3 aromatic carbocycles. The number of rotatable bonds is 10. The van der Waals surface area contributed by atoms with Crippen LogP contribution in [0.25, 0.3) is 0 Å². The first-order chi connectivity index (χ1) is 15.2. The Morgan fingerprint density at radius 3 is 2.26 bits per heavy atom. The van der Waals surface area contributed by atoms with E-state index in [0.717, 1.165) is 34.4 Å². The fourth-order valence-corrected chi connectivity index (χ4v) is 3.60. The normalized spacial score (nSPS) is 12.9. The zero-order valence-corrected chi connectivity index (χ0v) is 18.5. The second-order valence-corrected chi connectivity index (χ2v) is 7.90. The van der Waals surface area contributed by atoms with Crippen LogP contribution in [0.15, 0.2) is 89.1 Å². The lowest BCUT2D eigenvalue weighted by Gasteiger charge is -2.08. The van der Waals surface area contributed by atoms with Gasteiger partial charge in [-0.15, -0.1) is 5.10 Å². The van der Waals surface area contributed by atoms with Crippen molar-refractivity contribution in [3.63, 3.8) is 0 Å². The van der Waals surface area contributed by atoms with Gasteiger partial charge in [0.15, 0.2) is 0 Å². The average Bonchev–Trinajstić information content (AvgIpc) is 2.79. The summed E-state index contributed by atoms with van der Waals surface area (Å²) in [5, 5.41) is 9.06. The molecule has 0 aliphatic rings. The highest BCUT2D eigenvalue weighted by Crippen LogP contribution is 2.15. The first-order valence-electron chi connectivity index (χ1n) is 11.1. The summed E-state index contributed by atoms with van der Waals surface area (Å²) < 4.78 is 13.3. The van der Waals surface area contributed by atoms with Gasteiger partial charge in [0, 0.05) is 17.5 Å². The number of unbranched alkanes of at least 4 members (excludes halogenated alkanes) is 2. The zero-order valence-electron chi connectivity index (χ0n) is 18.5. The molecule has 1 unspecified atom stereocenters. The van der Waals surface area contributed by atoms with Gasteiger partial charge in [0.25, 0.3) is 0 Å². The van der Waals surface area contributed by atoms with Gasteiger partial charge in [-0.25, -0.2) is 4.39 Å². The molecule has 0 saturated heterocycles. The van der Waals surface area contributed by atoms with Crippen molar-refractivity contribution in [2.24, 2.45) is 10.2 Å². The number of aryl methyl sites for hydroxylation is 1. The predicted octanol–water partition coefficient (Wildman–Crippen LogP) is 7.19. The standard InChI is InChI=1S/C28H31FN2/c1-3-4-6-11-24-12-9-10-15-27(24)21-30-31-28(25-13-7-5-8-14-25)26-18-16-23(17-19-26)20-22(2)29/h5,7-10,12-19,21-22H,3-4,6,11,20H2,1-2H3. The molecule has 0 aromatic heterocycles. The Morgan fingerprint density at radius 1 is 0.871 bits per heavy atom. The number of alkyl halides is 1. The lowest BCUT2D eigenvalue weighted by atomic mass is 10.00. The largest absolute Gasteiger partial charge is 0.247 e. The van der Waals surface area contributed by atoms with Crippen molar-refractivity contribution >= 4 is 11.9 Å². The molecule has 3 heteroatoms. The summed E-state index contributed by atoms with van der Waals surface area (Å²) >= 11 is 0. The molecule has 3 rings (SSSR count). The maximum atomic E-state index is 13.3. The van der Waals surface area contributed by atoms with E-state index in [1.165, 1.54) is 24.8 Å². The third kappa shape index (κ3) is 6.99. The van der Waals surface area contributed by atoms with Gasteiger partial charge >= 0.3 is 0 Å². The molecule has 0 saturated carbocycles. The van der Waals surface area contributed by atoms with Gasteiger partial charge < -0.3 is 0 Å². The minimum Gasteiger partial charge on any atom is -0.247 e. The second kappa shape index (κ2) is 11.9. The van der Waals surface area contributed by atoms with Crippen LogP contribution in [0.2, 0.25) is 0 Å². The lowest BCUT2D eigenvalue weighted by molar-refractivity contribution is 0.360. The molecule has 3 aromatic rings. The van der Waals surface area contributed by atoms with Crippen LogP contribution in [-0.4, -0.2) is 18.1 Å². The highest BCUT2D eigenvalue weighted by Gasteiger charge is 2.08. The van der Waals surface area contributed by atoms with Crippen LogP contribution < -0.4 is 0 Å². The van der Waals surface area contributed by atoms with E-state index in [4.69, 9.17) is 0 Å². The molecule has 160 valence electrons. The SMILES string of the molecule is CCCCCc1ccccc1C=NN=C(c1ccccc1)c1ccc(CC(C)F)cc1. The number of benzene rings is 3. The molecule has 2 nitrogen and oxygen atoms in total. The second-order valence-electron chi connectivity index (χ2n) is 7.90. The van der Waals surface area contributed by atoms with E-state index in [2.05, 4.69) is 35.3 Å². The molecule has 0 spiro atoms. The molecule has 0 aliphatic heterocycles. The minimum absolute atomic E-state index is 0.422. The van der Waals surface area contributed by atoms with Crippen molar-refractivity contribution in [3.8, 4) is 0 Å². The summed E-state index contributed by atoms with van der Waals surface area (Å²) in [5.41, 5.74) is 6.18. The zero-order chi connectivity index (χ0) is 21.9. The van der Waals surface area contributed by atoms with Gasteiger partial charge in [0.2, 0.25) is 0 Å². The average molecular weight is 415 g/mol. The molecule has 0 amide bonds. The summed E-state index contributed by atoms with van der Waals surface area (Å²) in [7, 11) is 0. The van der Waals surface area contributed by atoms with E-state index in [1.807, 2.05) is 66.9 Å². The molecular formula is C28H31FN2. The Bertz CT molecular complexity index is 989. The molecule has 0 aliphatic carbocycles. The van der Waals surface area contributed by atoms with Crippen molar-refractivity contribution < 1.29 is 4.39 Å². The van der Waals surface area contributed by atoms with Crippen molar-refractivity contribution in [1.29, 1.82) is 0 Å². The van der Waals surface area contributed by atoms with Crippen LogP contribution in [0.4, 0.5) is 4.39 Å². The highest BCUT2D eigenvalue weighted by molar-refractivity contribution is 6.13. The van der Waals surface area contributed by atoms with Crippen LogP contribution in [0, 0.1) is 0 Å². The topological polar surface area (TPSA) is 24.7 Å². The Morgan fingerprint density at radius 2 is 1.55 bits per heavy atom. The summed E-state index contributed by atoms with van der Waals surface area (Å²) in [6.45, 7) is 3.80. The first kappa shape index (κ1) is 22.6. The summed E-state index contributed by atoms with van der Waals surface area (Å²) in [4.78, 5) is 0. The van der Waals surface area contributed by atoms with Crippen molar-refractivity contribution in [1.82, 2.24) is 0 Å². The van der Waals surface area contributed by atoms with Gasteiger partial charge in [-0.05, 0) is 36.5 Å². The Balaban J connectivity index is 1.87. The van der Waals surface area contributed by atoms with Gasteiger partial charge in [0.05, 0.1) is 6.21 Å². The van der Waals surface area contributed by atoms with E-state index in [-0.39, 0.29) is 0 Å². The highest BCUT2D eigenvalue weighted by atomic mass is 19.1. The van der Waals surface area contributed by atoms with E-state index in [1.54, 1.807) is 6.92 Å². The van der Waals surface area contributed by atoms with Crippen LogP contribution >= 0.6 is 0 Å². The molecule has 1 atom stereocenters. The number of hydrogen-bond donors (Lipinski definition) is 0. The fourth-order valence-electron chi connectivity index (χ4n) is 3.60. The molecule has 0 fully saturated rings. The first-order valence-corrected chi connectivity index (χ1v) is 11.1. The fraction of sp³-hybridized carbons (Fsp3) is 0.286. The van der Waals surface area contributed by atoms with Crippen molar-refractivity contribution in [2.45, 2.75) is 52.1 Å². The van der Waals surface area contributed by atoms with Crippen LogP contribution in [-0.2, 0) is 12.8 Å².